The smallest absolute Gasteiger partial charge is 0.293 e. The van der Waals surface area contributed by atoms with E-state index in [2.05, 4.69) is 32.8 Å². The standard InChI is InChI=1S/C15H20IN3O2/c16-12-3-4-13(14(9-12)19(20)21)18-8-2-6-15(11-18)5-1-7-17-10-15/h3-4,9,17H,1-2,5-8,10-11H2. The van der Waals surface area contributed by atoms with E-state index in [0.29, 0.717) is 5.41 Å². The Balaban J connectivity index is 1.88. The maximum absolute atomic E-state index is 11.3. The molecular weight excluding hydrogens is 381 g/mol. The van der Waals surface area contributed by atoms with Crippen molar-refractivity contribution in [2.45, 2.75) is 25.7 Å². The van der Waals surface area contributed by atoms with Crippen LogP contribution < -0.4 is 10.2 Å². The second kappa shape index (κ2) is 6.08. The zero-order chi connectivity index (χ0) is 14.9. The summed E-state index contributed by atoms with van der Waals surface area (Å²) < 4.78 is 0.911. The Morgan fingerprint density at radius 3 is 2.86 bits per heavy atom. The van der Waals surface area contributed by atoms with Gasteiger partial charge in [0.1, 0.15) is 5.69 Å². The fourth-order valence-electron chi connectivity index (χ4n) is 3.70. The molecule has 0 amide bonds. The minimum Gasteiger partial charge on any atom is -0.365 e. The minimum absolute atomic E-state index is 0.239. The first-order valence-corrected chi connectivity index (χ1v) is 8.57. The quantitative estimate of drug-likeness (QED) is 0.470. The predicted octanol–water partition coefficient (Wildman–Crippen LogP) is 3.17. The molecule has 5 nitrogen and oxygen atoms in total. The van der Waals surface area contributed by atoms with Crippen molar-refractivity contribution in [3.63, 3.8) is 0 Å². The molecule has 0 bridgehead atoms. The van der Waals surface area contributed by atoms with Gasteiger partial charge in [0, 0.05) is 34.7 Å². The lowest BCUT2D eigenvalue weighted by atomic mass is 9.74. The highest BCUT2D eigenvalue weighted by atomic mass is 127. The van der Waals surface area contributed by atoms with E-state index in [-0.39, 0.29) is 10.6 Å². The molecule has 2 aliphatic rings. The van der Waals surface area contributed by atoms with Crippen LogP contribution in [0, 0.1) is 19.1 Å². The average molecular weight is 401 g/mol. The summed E-state index contributed by atoms with van der Waals surface area (Å²) in [6.45, 7) is 4.00. The summed E-state index contributed by atoms with van der Waals surface area (Å²) in [4.78, 5) is 13.3. The lowest BCUT2D eigenvalue weighted by Crippen LogP contribution is -2.51. The van der Waals surface area contributed by atoms with Crippen molar-refractivity contribution in [2.24, 2.45) is 5.41 Å². The van der Waals surface area contributed by atoms with Crippen molar-refractivity contribution in [2.75, 3.05) is 31.1 Å². The molecule has 3 rings (SSSR count). The van der Waals surface area contributed by atoms with Crippen LogP contribution in [0.4, 0.5) is 11.4 Å². The summed E-state index contributed by atoms with van der Waals surface area (Å²) in [6.07, 6.45) is 4.79. The molecule has 1 aromatic rings. The monoisotopic (exact) mass is 401 g/mol. The fraction of sp³-hybridized carbons (Fsp3) is 0.600. The molecule has 1 spiro atoms. The van der Waals surface area contributed by atoms with Gasteiger partial charge in [-0.05, 0) is 67.0 Å². The number of hydrogen-bond acceptors (Lipinski definition) is 4. The number of nitro benzene ring substituents is 1. The van der Waals surface area contributed by atoms with Gasteiger partial charge < -0.3 is 10.2 Å². The van der Waals surface area contributed by atoms with Gasteiger partial charge in [-0.25, -0.2) is 0 Å². The molecule has 1 N–H and O–H groups in total. The van der Waals surface area contributed by atoms with Gasteiger partial charge in [-0.1, -0.05) is 0 Å². The van der Waals surface area contributed by atoms with Gasteiger partial charge >= 0.3 is 0 Å². The van der Waals surface area contributed by atoms with Crippen LogP contribution in [0.15, 0.2) is 18.2 Å². The number of nitro groups is 1. The van der Waals surface area contributed by atoms with Crippen LogP contribution in [0.5, 0.6) is 0 Å². The fourth-order valence-corrected chi connectivity index (χ4v) is 4.18. The van der Waals surface area contributed by atoms with Crippen LogP contribution in [0.1, 0.15) is 25.7 Å². The van der Waals surface area contributed by atoms with Crippen LogP contribution in [-0.4, -0.2) is 31.1 Å². The summed E-state index contributed by atoms with van der Waals surface area (Å²) in [7, 11) is 0. The molecule has 2 fully saturated rings. The lowest BCUT2D eigenvalue weighted by Gasteiger charge is -2.46. The van der Waals surface area contributed by atoms with Gasteiger partial charge in [-0.3, -0.25) is 10.1 Å². The molecule has 2 saturated heterocycles. The topological polar surface area (TPSA) is 58.4 Å². The Bertz CT molecular complexity index is 538. The van der Waals surface area contributed by atoms with Crippen LogP contribution in [0.25, 0.3) is 0 Å². The molecule has 6 heteroatoms. The van der Waals surface area contributed by atoms with Crippen LogP contribution >= 0.6 is 22.6 Å². The molecule has 0 aliphatic carbocycles. The van der Waals surface area contributed by atoms with E-state index in [1.54, 1.807) is 6.07 Å². The third-order valence-electron chi connectivity index (χ3n) is 4.70. The molecule has 1 atom stereocenters. The normalized spacial score (nSPS) is 26.0. The van der Waals surface area contributed by atoms with Gasteiger partial charge in [0.2, 0.25) is 0 Å². The van der Waals surface area contributed by atoms with E-state index in [9.17, 15) is 10.1 Å². The van der Waals surface area contributed by atoms with E-state index in [4.69, 9.17) is 0 Å². The van der Waals surface area contributed by atoms with Gasteiger partial charge in [-0.2, -0.15) is 0 Å². The predicted molar refractivity (Wildman–Crippen MR) is 91.8 cm³/mol. The van der Waals surface area contributed by atoms with Gasteiger partial charge in [0.25, 0.3) is 5.69 Å². The second-order valence-electron chi connectivity index (χ2n) is 6.20. The molecule has 0 aromatic heterocycles. The molecular formula is C15H20IN3O2. The van der Waals surface area contributed by atoms with E-state index >= 15 is 0 Å². The lowest BCUT2D eigenvalue weighted by molar-refractivity contribution is -0.384. The largest absolute Gasteiger partial charge is 0.365 e. The highest BCUT2D eigenvalue weighted by Crippen LogP contribution is 2.40. The Morgan fingerprint density at radius 2 is 2.14 bits per heavy atom. The summed E-state index contributed by atoms with van der Waals surface area (Å²) in [6, 6.07) is 5.55. The van der Waals surface area contributed by atoms with Gasteiger partial charge in [0.05, 0.1) is 4.92 Å². The Labute approximate surface area is 138 Å². The number of hydrogen-bond donors (Lipinski definition) is 1. The van der Waals surface area contributed by atoms with E-state index < -0.39 is 0 Å². The van der Waals surface area contributed by atoms with Crippen LogP contribution in [-0.2, 0) is 0 Å². The highest BCUT2D eigenvalue weighted by molar-refractivity contribution is 14.1. The number of nitrogens with one attached hydrogen (secondary N) is 1. The molecule has 2 heterocycles. The molecule has 21 heavy (non-hydrogen) atoms. The first-order chi connectivity index (χ1) is 10.1. The number of halogens is 1. The number of rotatable bonds is 2. The molecule has 2 aliphatic heterocycles. The van der Waals surface area contributed by atoms with Crippen molar-refractivity contribution in [3.8, 4) is 0 Å². The van der Waals surface area contributed by atoms with Crippen molar-refractivity contribution < 1.29 is 4.92 Å². The van der Waals surface area contributed by atoms with Crippen molar-refractivity contribution in [1.29, 1.82) is 0 Å². The number of piperidine rings is 2. The molecule has 114 valence electrons. The van der Waals surface area contributed by atoms with Crippen molar-refractivity contribution in [3.05, 3.63) is 31.9 Å². The third-order valence-corrected chi connectivity index (χ3v) is 5.37. The maximum atomic E-state index is 11.3. The first kappa shape index (κ1) is 15.0. The second-order valence-corrected chi connectivity index (χ2v) is 7.44. The minimum atomic E-state index is -0.252. The van der Waals surface area contributed by atoms with E-state index in [1.807, 2.05) is 12.1 Å². The SMILES string of the molecule is O=[N+]([O-])c1cc(I)ccc1N1CCCC2(CCCNC2)C1. The molecule has 0 radical (unpaired) electrons. The third kappa shape index (κ3) is 3.15. The molecule has 1 aromatic carbocycles. The number of benzene rings is 1. The van der Waals surface area contributed by atoms with E-state index in [1.165, 1.54) is 19.3 Å². The number of nitrogens with zero attached hydrogens (tertiary/aromatic N) is 2. The van der Waals surface area contributed by atoms with Gasteiger partial charge in [0.15, 0.2) is 0 Å². The number of anilines is 1. The Morgan fingerprint density at radius 1 is 1.33 bits per heavy atom. The molecule has 1 unspecified atom stereocenters. The zero-order valence-corrected chi connectivity index (χ0v) is 14.1. The highest BCUT2D eigenvalue weighted by Gasteiger charge is 2.37. The summed E-state index contributed by atoms with van der Waals surface area (Å²) >= 11 is 2.13. The van der Waals surface area contributed by atoms with Crippen LogP contribution in [0.2, 0.25) is 0 Å². The Kier molecular flexibility index (Phi) is 4.35. The zero-order valence-electron chi connectivity index (χ0n) is 12.0. The van der Waals surface area contributed by atoms with Crippen molar-refractivity contribution in [1.82, 2.24) is 5.32 Å². The van der Waals surface area contributed by atoms with E-state index in [0.717, 1.165) is 41.9 Å². The van der Waals surface area contributed by atoms with Crippen LogP contribution in [0.3, 0.4) is 0 Å². The summed E-state index contributed by atoms with van der Waals surface area (Å²) in [5, 5.41) is 14.8. The van der Waals surface area contributed by atoms with Gasteiger partial charge in [-0.15, -0.1) is 0 Å². The summed E-state index contributed by atoms with van der Waals surface area (Å²) in [5.41, 5.74) is 1.32. The first-order valence-electron chi connectivity index (χ1n) is 7.49. The molecule has 0 saturated carbocycles. The Hall–Kier alpha value is -0.890. The summed E-state index contributed by atoms with van der Waals surface area (Å²) in [5.74, 6) is 0. The van der Waals surface area contributed by atoms with Crippen molar-refractivity contribution >= 4 is 34.0 Å². The maximum Gasteiger partial charge on any atom is 0.293 e. The average Bonchev–Trinajstić information content (AvgIpc) is 2.48.